The van der Waals surface area contributed by atoms with Gasteiger partial charge in [-0.3, -0.25) is 9.48 Å². The highest BCUT2D eigenvalue weighted by atomic mass is 35.5. The fraction of sp³-hybridized carbons (Fsp3) is 0.154. The second-order valence-corrected chi connectivity index (χ2v) is 4.90. The van der Waals surface area contributed by atoms with E-state index in [1.165, 1.54) is 0 Å². The van der Waals surface area contributed by atoms with Crippen molar-refractivity contribution in [3.63, 3.8) is 0 Å². The smallest absolute Gasteiger partial charge is 0.272 e. The Labute approximate surface area is 125 Å². The molecule has 8 heteroatoms. The minimum Gasteiger partial charge on any atom is -0.349 e. The molecule has 0 spiro atoms. The number of hydrogen-bond donors (Lipinski definition) is 3. The molecular weight excluding hydrogens is 292 g/mol. The highest BCUT2D eigenvalue weighted by Crippen LogP contribution is 2.18. The van der Waals surface area contributed by atoms with Crippen molar-refractivity contribution in [3.8, 4) is 0 Å². The zero-order valence-electron chi connectivity index (χ0n) is 11.0. The van der Waals surface area contributed by atoms with Gasteiger partial charge in [0.1, 0.15) is 10.8 Å². The third-order valence-corrected chi connectivity index (χ3v) is 3.17. The first-order valence-electron chi connectivity index (χ1n) is 6.34. The van der Waals surface area contributed by atoms with Crippen LogP contribution in [0.25, 0.3) is 10.9 Å². The molecular formula is C13H13ClN6O. The van der Waals surface area contributed by atoms with Crippen LogP contribution in [0.3, 0.4) is 0 Å². The molecule has 3 rings (SSSR count). The predicted molar refractivity (Wildman–Crippen MR) is 80.3 cm³/mol. The molecule has 1 amide bonds. The number of hydrogen-bond acceptors (Lipinski definition) is 4. The first-order valence-corrected chi connectivity index (χ1v) is 6.71. The van der Waals surface area contributed by atoms with Crippen LogP contribution >= 0.6 is 11.6 Å². The molecule has 0 unspecified atom stereocenters. The van der Waals surface area contributed by atoms with Gasteiger partial charge >= 0.3 is 0 Å². The molecule has 0 aliphatic rings. The summed E-state index contributed by atoms with van der Waals surface area (Å²) < 4.78 is 1.67. The maximum atomic E-state index is 12.2. The average Bonchev–Trinajstić information content (AvgIpc) is 3.05. The van der Waals surface area contributed by atoms with E-state index in [1.807, 2.05) is 0 Å². The molecule has 3 aromatic heterocycles. The maximum Gasteiger partial charge on any atom is 0.272 e. The number of aromatic nitrogens is 4. The largest absolute Gasteiger partial charge is 0.349 e. The van der Waals surface area contributed by atoms with Crippen LogP contribution in [0.15, 0.2) is 30.7 Å². The van der Waals surface area contributed by atoms with E-state index < -0.39 is 0 Å². The monoisotopic (exact) mass is 304 g/mol. The van der Waals surface area contributed by atoms with Crippen molar-refractivity contribution < 1.29 is 4.79 Å². The number of nitrogens with two attached hydrogens (primary N) is 1. The van der Waals surface area contributed by atoms with E-state index in [0.29, 0.717) is 29.6 Å². The number of carbonyl (C=O) groups is 1. The van der Waals surface area contributed by atoms with Gasteiger partial charge in [-0.25, -0.2) is 4.98 Å². The average molecular weight is 305 g/mol. The third-order valence-electron chi connectivity index (χ3n) is 2.97. The summed E-state index contributed by atoms with van der Waals surface area (Å²) in [7, 11) is 0. The van der Waals surface area contributed by atoms with Gasteiger partial charge in [0.05, 0.1) is 30.1 Å². The summed E-state index contributed by atoms with van der Waals surface area (Å²) in [5, 5.41) is 8.07. The lowest BCUT2D eigenvalue weighted by atomic mass is 10.3. The van der Waals surface area contributed by atoms with Gasteiger partial charge < -0.3 is 16.0 Å². The molecule has 0 saturated carbocycles. The van der Waals surface area contributed by atoms with Gasteiger partial charge in [0.2, 0.25) is 0 Å². The zero-order chi connectivity index (χ0) is 14.8. The van der Waals surface area contributed by atoms with Crippen LogP contribution in [0.4, 0.5) is 5.69 Å². The Hall–Kier alpha value is -2.38. The highest BCUT2D eigenvalue weighted by Gasteiger charge is 2.11. The Bertz CT molecular complexity index is 793. The highest BCUT2D eigenvalue weighted by molar-refractivity contribution is 6.30. The van der Waals surface area contributed by atoms with Crippen molar-refractivity contribution in [2.45, 2.75) is 6.54 Å². The first-order chi connectivity index (χ1) is 10.2. The van der Waals surface area contributed by atoms with E-state index in [0.717, 1.165) is 10.9 Å². The molecule has 0 atom stereocenters. The van der Waals surface area contributed by atoms with Crippen molar-refractivity contribution in [3.05, 3.63) is 41.6 Å². The summed E-state index contributed by atoms with van der Waals surface area (Å²) in [4.78, 5) is 19.1. The fourth-order valence-corrected chi connectivity index (χ4v) is 2.17. The van der Waals surface area contributed by atoms with E-state index in [1.54, 1.807) is 35.4 Å². The summed E-state index contributed by atoms with van der Waals surface area (Å²) in [6.45, 7) is 1.09. The molecule has 0 aliphatic heterocycles. The lowest BCUT2D eigenvalue weighted by Gasteiger charge is -1.99. The van der Waals surface area contributed by atoms with Crippen LogP contribution in [-0.2, 0) is 6.54 Å². The van der Waals surface area contributed by atoms with Gasteiger partial charge in [-0.15, -0.1) is 0 Å². The van der Waals surface area contributed by atoms with Crippen molar-refractivity contribution in [2.75, 3.05) is 11.9 Å². The van der Waals surface area contributed by atoms with Crippen LogP contribution in [-0.4, -0.2) is 32.2 Å². The second kappa shape index (κ2) is 5.55. The molecule has 21 heavy (non-hydrogen) atoms. The number of amides is 1. The molecule has 0 fully saturated rings. The molecule has 3 aromatic rings. The number of halogens is 1. The van der Waals surface area contributed by atoms with Crippen molar-refractivity contribution in [2.24, 2.45) is 5.73 Å². The quantitative estimate of drug-likeness (QED) is 0.637. The summed E-state index contributed by atoms with van der Waals surface area (Å²) in [6, 6.07) is 3.42. The Morgan fingerprint density at radius 3 is 3.10 bits per heavy atom. The van der Waals surface area contributed by atoms with Crippen molar-refractivity contribution >= 4 is 34.1 Å². The van der Waals surface area contributed by atoms with Gasteiger partial charge in [-0.2, -0.15) is 5.10 Å². The molecule has 7 nitrogen and oxygen atoms in total. The summed E-state index contributed by atoms with van der Waals surface area (Å²) in [6.07, 6.45) is 4.90. The Morgan fingerprint density at radius 1 is 1.43 bits per heavy atom. The number of H-pyrrole nitrogens is 1. The predicted octanol–water partition coefficient (Wildman–Crippen LogP) is 1.62. The molecule has 0 aromatic carbocycles. The Morgan fingerprint density at radius 2 is 2.29 bits per heavy atom. The molecule has 108 valence electrons. The number of anilines is 1. The van der Waals surface area contributed by atoms with Gasteiger partial charge in [0.25, 0.3) is 5.91 Å². The lowest BCUT2D eigenvalue weighted by molar-refractivity contribution is 0.102. The van der Waals surface area contributed by atoms with Gasteiger partial charge in [0, 0.05) is 18.1 Å². The third kappa shape index (κ3) is 2.88. The number of carbonyl (C=O) groups excluding carboxylic acids is 1. The van der Waals surface area contributed by atoms with Gasteiger partial charge in [-0.1, -0.05) is 11.6 Å². The molecule has 0 aliphatic carbocycles. The van der Waals surface area contributed by atoms with Crippen LogP contribution in [0.2, 0.25) is 5.15 Å². The van der Waals surface area contributed by atoms with E-state index in [2.05, 4.69) is 20.4 Å². The number of nitrogens with one attached hydrogen (secondary N) is 2. The number of pyridine rings is 1. The summed E-state index contributed by atoms with van der Waals surface area (Å²) >= 11 is 5.82. The molecule has 3 heterocycles. The molecule has 0 saturated heterocycles. The van der Waals surface area contributed by atoms with Crippen LogP contribution < -0.4 is 11.1 Å². The summed E-state index contributed by atoms with van der Waals surface area (Å²) in [5.74, 6) is -0.255. The maximum absolute atomic E-state index is 12.2. The topological polar surface area (TPSA) is 102 Å². The molecule has 0 radical (unpaired) electrons. The minimum atomic E-state index is -0.255. The molecule has 4 N–H and O–H groups in total. The van der Waals surface area contributed by atoms with Crippen LogP contribution in [0.5, 0.6) is 0 Å². The number of nitrogens with zero attached hydrogens (tertiary/aromatic N) is 3. The second-order valence-electron chi connectivity index (χ2n) is 4.51. The van der Waals surface area contributed by atoms with E-state index in [4.69, 9.17) is 17.3 Å². The Kier molecular flexibility index (Phi) is 3.59. The Balaban J connectivity index is 1.79. The van der Waals surface area contributed by atoms with Crippen LogP contribution in [0, 0.1) is 0 Å². The molecule has 0 bridgehead atoms. The zero-order valence-corrected chi connectivity index (χ0v) is 11.8. The standard InChI is InChI=1S/C13H13ClN6O/c14-12-4-8-3-10(19-11(8)6-16-12)13(21)18-9-5-17-20(7-9)2-1-15/h3-7,19H,1-2,15H2,(H,18,21). The normalized spacial score (nSPS) is 11.0. The summed E-state index contributed by atoms with van der Waals surface area (Å²) in [5.41, 5.74) is 7.25. The lowest BCUT2D eigenvalue weighted by Crippen LogP contribution is -2.12. The van der Waals surface area contributed by atoms with Crippen molar-refractivity contribution in [1.82, 2.24) is 19.7 Å². The number of fused-ring (bicyclic) bond motifs is 1. The number of aromatic amines is 1. The van der Waals surface area contributed by atoms with Gasteiger partial charge in [-0.05, 0) is 12.1 Å². The van der Waals surface area contributed by atoms with Crippen LogP contribution in [0.1, 0.15) is 10.5 Å². The van der Waals surface area contributed by atoms with E-state index >= 15 is 0 Å². The SMILES string of the molecule is NCCn1cc(NC(=O)c2cc3cc(Cl)ncc3[nH]2)cn1. The number of rotatable bonds is 4. The van der Waals surface area contributed by atoms with E-state index in [-0.39, 0.29) is 5.91 Å². The van der Waals surface area contributed by atoms with Gasteiger partial charge in [0.15, 0.2) is 0 Å². The van der Waals surface area contributed by atoms with E-state index in [9.17, 15) is 4.79 Å². The van der Waals surface area contributed by atoms with Crippen molar-refractivity contribution in [1.29, 1.82) is 0 Å². The first kappa shape index (κ1) is 13.6. The fourth-order valence-electron chi connectivity index (χ4n) is 2.01. The minimum absolute atomic E-state index is 0.255.